The van der Waals surface area contributed by atoms with E-state index in [9.17, 15) is 9.59 Å². The Morgan fingerprint density at radius 3 is 2.80 bits per heavy atom. The zero-order valence-electron chi connectivity index (χ0n) is 14.1. The van der Waals surface area contributed by atoms with Crippen molar-refractivity contribution in [2.75, 3.05) is 0 Å². The van der Waals surface area contributed by atoms with Crippen molar-refractivity contribution in [2.45, 2.75) is 51.1 Å². The minimum absolute atomic E-state index is 0.00519. The Bertz CT molecular complexity index is 823. The van der Waals surface area contributed by atoms with E-state index in [0.717, 1.165) is 30.4 Å². The van der Waals surface area contributed by atoms with Gasteiger partial charge in [-0.15, -0.1) is 0 Å². The molecule has 1 saturated carbocycles. The number of hydrogen-bond donors (Lipinski definition) is 1. The van der Waals surface area contributed by atoms with E-state index in [1.54, 1.807) is 0 Å². The van der Waals surface area contributed by atoms with Crippen molar-refractivity contribution >= 4 is 11.9 Å². The Kier molecular flexibility index (Phi) is 3.78. The third-order valence-electron chi connectivity index (χ3n) is 4.99. The van der Waals surface area contributed by atoms with Gasteiger partial charge in [0.25, 0.3) is 5.91 Å². The van der Waals surface area contributed by atoms with Gasteiger partial charge in [0.05, 0.1) is 0 Å². The number of imide groups is 1. The molecule has 3 amide bonds. The Morgan fingerprint density at radius 2 is 2.04 bits per heavy atom. The summed E-state index contributed by atoms with van der Waals surface area (Å²) >= 11 is 0. The number of benzene rings is 1. The van der Waals surface area contributed by atoms with Crippen LogP contribution >= 0.6 is 0 Å². The van der Waals surface area contributed by atoms with Crippen LogP contribution in [0.5, 0.6) is 0 Å². The van der Waals surface area contributed by atoms with Gasteiger partial charge in [0.1, 0.15) is 12.1 Å². The van der Waals surface area contributed by atoms with E-state index in [-0.39, 0.29) is 24.4 Å². The molecule has 4 rings (SSSR count). The van der Waals surface area contributed by atoms with Gasteiger partial charge in [-0.3, -0.25) is 9.69 Å². The highest BCUT2D eigenvalue weighted by Crippen LogP contribution is 2.34. The summed E-state index contributed by atoms with van der Waals surface area (Å²) in [6.07, 6.45) is 4.42. The second kappa shape index (κ2) is 5.98. The van der Waals surface area contributed by atoms with E-state index in [4.69, 9.17) is 4.52 Å². The fraction of sp³-hybridized carbons (Fsp3) is 0.444. The molecule has 7 heteroatoms. The van der Waals surface area contributed by atoms with Crippen molar-refractivity contribution < 1.29 is 14.1 Å². The molecule has 1 saturated heterocycles. The average molecular weight is 340 g/mol. The van der Waals surface area contributed by atoms with Gasteiger partial charge in [0, 0.05) is 5.56 Å². The van der Waals surface area contributed by atoms with Gasteiger partial charge in [-0.05, 0) is 25.8 Å². The van der Waals surface area contributed by atoms with Gasteiger partial charge in [-0.2, -0.15) is 4.98 Å². The second-order valence-corrected chi connectivity index (χ2v) is 6.85. The van der Waals surface area contributed by atoms with Gasteiger partial charge < -0.3 is 9.84 Å². The van der Waals surface area contributed by atoms with Crippen LogP contribution in [0.4, 0.5) is 4.79 Å². The minimum Gasteiger partial charge on any atom is -0.337 e. The van der Waals surface area contributed by atoms with E-state index in [2.05, 4.69) is 15.5 Å². The predicted molar refractivity (Wildman–Crippen MR) is 89.4 cm³/mol. The second-order valence-electron chi connectivity index (χ2n) is 6.85. The molecule has 1 aromatic heterocycles. The zero-order valence-corrected chi connectivity index (χ0v) is 14.1. The summed E-state index contributed by atoms with van der Waals surface area (Å²) in [4.78, 5) is 30.6. The highest BCUT2D eigenvalue weighted by atomic mass is 16.5. The molecule has 0 unspecified atom stereocenters. The van der Waals surface area contributed by atoms with Crippen molar-refractivity contribution in [1.82, 2.24) is 20.4 Å². The minimum atomic E-state index is -0.727. The number of carbonyl (C=O) groups excluding carboxylic acids is 2. The molecule has 2 aromatic rings. The Morgan fingerprint density at radius 1 is 1.24 bits per heavy atom. The maximum absolute atomic E-state index is 12.8. The molecule has 130 valence electrons. The largest absolute Gasteiger partial charge is 0.337 e. The zero-order chi connectivity index (χ0) is 17.4. The van der Waals surface area contributed by atoms with Gasteiger partial charge >= 0.3 is 6.03 Å². The standard InChI is InChI=1S/C18H20N4O3/c1-12-6-5-7-13(10-12)15-19-14(25-21-15)11-22-16(23)18(20-17(22)24)8-3-2-4-9-18/h5-7,10H,2-4,8-9,11H2,1H3,(H,20,24). The first-order chi connectivity index (χ1) is 12.1. The van der Waals surface area contributed by atoms with Crippen molar-refractivity contribution in [3.05, 3.63) is 35.7 Å². The highest BCUT2D eigenvalue weighted by Gasteiger charge is 2.51. The molecule has 0 radical (unpaired) electrons. The van der Waals surface area contributed by atoms with E-state index < -0.39 is 5.54 Å². The molecular weight excluding hydrogens is 320 g/mol. The number of nitrogens with one attached hydrogen (secondary N) is 1. The van der Waals surface area contributed by atoms with Crippen LogP contribution in [-0.2, 0) is 11.3 Å². The molecule has 2 fully saturated rings. The first kappa shape index (κ1) is 15.8. The van der Waals surface area contributed by atoms with Gasteiger partial charge in [-0.1, -0.05) is 48.2 Å². The number of rotatable bonds is 3. The van der Waals surface area contributed by atoms with Crippen LogP contribution in [0.15, 0.2) is 28.8 Å². The lowest BCUT2D eigenvalue weighted by molar-refractivity contribution is -0.133. The quantitative estimate of drug-likeness (QED) is 0.868. The number of amides is 3. The maximum Gasteiger partial charge on any atom is 0.325 e. The maximum atomic E-state index is 12.8. The number of hydrogen-bond acceptors (Lipinski definition) is 5. The molecule has 1 N–H and O–H groups in total. The average Bonchev–Trinajstić information content (AvgIpc) is 3.16. The lowest BCUT2D eigenvalue weighted by Gasteiger charge is -2.30. The lowest BCUT2D eigenvalue weighted by atomic mass is 9.82. The predicted octanol–water partition coefficient (Wildman–Crippen LogP) is 2.80. The Hall–Kier alpha value is -2.70. The van der Waals surface area contributed by atoms with Crippen LogP contribution < -0.4 is 5.32 Å². The highest BCUT2D eigenvalue weighted by molar-refractivity contribution is 6.06. The fourth-order valence-electron chi connectivity index (χ4n) is 3.67. The number of aryl methyl sites for hydroxylation is 1. The number of nitrogens with zero attached hydrogens (tertiary/aromatic N) is 3. The van der Waals surface area contributed by atoms with Crippen LogP contribution in [0.2, 0.25) is 0 Å². The van der Waals surface area contributed by atoms with Crippen LogP contribution in [0.1, 0.15) is 43.6 Å². The summed E-state index contributed by atoms with van der Waals surface area (Å²) in [5, 5.41) is 6.85. The normalized spacial score (nSPS) is 19.5. The Balaban J connectivity index is 1.53. The van der Waals surface area contributed by atoms with Crippen LogP contribution in [0.25, 0.3) is 11.4 Å². The smallest absolute Gasteiger partial charge is 0.325 e. The summed E-state index contributed by atoms with van der Waals surface area (Å²) in [5.74, 6) is 0.540. The third-order valence-corrected chi connectivity index (χ3v) is 4.99. The van der Waals surface area contributed by atoms with Gasteiger partial charge in [0.15, 0.2) is 0 Å². The Labute approximate surface area is 145 Å². The van der Waals surface area contributed by atoms with Crippen molar-refractivity contribution in [3.8, 4) is 11.4 Å². The first-order valence-electron chi connectivity index (χ1n) is 8.61. The number of carbonyl (C=O) groups is 2. The summed E-state index contributed by atoms with van der Waals surface area (Å²) in [7, 11) is 0. The van der Waals surface area contributed by atoms with E-state index in [0.29, 0.717) is 18.7 Å². The van der Waals surface area contributed by atoms with Crippen LogP contribution in [0.3, 0.4) is 0 Å². The van der Waals surface area contributed by atoms with Crippen LogP contribution in [-0.4, -0.2) is 32.5 Å². The van der Waals surface area contributed by atoms with Gasteiger partial charge in [-0.25, -0.2) is 4.79 Å². The molecule has 2 aliphatic rings. The summed E-state index contributed by atoms with van der Waals surface area (Å²) < 4.78 is 5.26. The third kappa shape index (κ3) is 2.79. The molecule has 1 aliphatic carbocycles. The molecule has 2 heterocycles. The molecule has 1 spiro atoms. The van der Waals surface area contributed by atoms with E-state index in [1.165, 1.54) is 4.90 Å². The first-order valence-corrected chi connectivity index (χ1v) is 8.61. The number of aromatic nitrogens is 2. The van der Waals surface area contributed by atoms with Crippen molar-refractivity contribution in [2.24, 2.45) is 0 Å². The molecule has 25 heavy (non-hydrogen) atoms. The van der Waals surface area contributed by atoms with E-state index >= 15 is 0 Å². The SMILES string of the molecule is Cc1cccc(-c2noc(CN3C(=O)NC4(CCCCC4)C3=O)n2)c1. The van der Waals surface area contributed by atoms with Gasteiger partial charge in [0.2, 0.25) is 11.7 Å². The van der Waals surface area contributed by atoms with Crippen molar-refractivity contribution in [3.63, 3.8) is 0 Å². The monoisotopic (exact) mass is 340 g/mol. The van der Waals surface area contributed by atoms with Crippen LogP contribution in [0, 0.1) is 6.92 Å². The molecule has 1 aliphatic heterocycles. The van der Waals surface area contributed by atoms with Crippen molar-refractivity contribution in [1.29, 1.82) is 0 Å². The lowest BCUT2D eigenvalue weighted by Crippen LogP contribution is -2.48. The summed E-state index contributed by atoms with van der Waals surface area (Å²) in [5.41, 5.74) is 1.21. The molecule has 1 aromatic carbocycles. The molecule has 0 atom stereocenters. The number of urea groups is 1. The molecule has 7 nitrogen and oxygen atoms in total. The summed E-state index contributed by atoms with van der Waals surface area (Å²) in [6, 6.07) is 7.39. The molecule has 0 bridgehead atoms. The fourth-order valence-corrected chi connectivity index (χ4v) is 3.67. The topological polar surface area (TPSA) is 88.3 Å². The molecular formula is C18H20N4O3. The summed E-state index contributed by atoms with van der Waals surface area (Å²) in [6.45, 7) is 1.99. The van der Waals surface area contributed by atoms with E-state index in [1.807, 2.05) is 31.2 Å².